The molecule has 148 valence electrons. The van der Waals surface area contributed by atoms with E-state index in [0.29, 0.717) is 16.1 Å². The van der Waals surface area contributed by atoms with Gasteiger partial charge in [0.2, 0.25) is 0 Å². The molecule has 0 heterocycles. The second kappa shape index (κ2) is 8.89. The molecule has 0 aliphatic heterocycles. The van der Waals surface area contributed by atoms with Crippen LogP contribution in [-0.2, 0) is 10.1 Å². The zero-order valence-corrected chi connectivity index (χ0v) is 16.9. The Bertz CT molecular complexity index is 1160. The third-order valence-corrected chi connectivity index (χ3v) is 5.37. The first kappa shape index (κ1) is 20.6. The minimum atomic E-state index is -4.01. The number of hydrogen-bond donors (Lipinski definition) is 1. The molecule has 0 saturated carbocycles. The van der Waals surface area contributed by atoms with E-state index < -0.39 is 16.0 Å². The summed E-state index contributed by atoms with van der Waals surface area (Å²) in [7, 11) is -4.01. The lowest BCUT2D eigenvalue weighted by molar-refractivity contribution is 0.0955. The summed E-state index contributed by atoms with van der Waals surface area (Å²) in [5.41, 5.74) is 4.04. The van der Waals surface area contributed by atoms with E-state index >= 15 is 0 Å². The fraction of sp³-hybridized carbons (Fsp3) is 0.0476. The van der Waals surface area contributed by atoms with Crippen LogP contribution in [-0.4, -0.2) is 20.5 Å². The van der Waals surface area contributed by atoms with Gasteiger partial charge in [-0.2, -0.15) is 13.5 Å². The van der Waals surface area contributed by atoms with E-state index in [1.54, 1.807) is 48.5 Å². The topological polar surface area (TPSA) is 84.8 Å². The summed E-state index contributed by atoms with van der Waals surface area (Å²) in [6.07, 6.45) is 1.31. The number of rotatable bonds is 6. The van der Waals surface area contributed by atoms with E-state index in [1.807, 2.05) is 6.92 Å². The molecule has 8 heteroatoms. The van der Waals surface area contributed by atoms with Gasteiger partial charge in [0.05, 0.1) is 6.21 Å². The number of nitrogens with one attached hydrogen (secondary N) is 1. The number of hydrazone groups is 1. The zero-order chi connectivity index (χ0) is 20.9. The van der Waals surface area contributed by atoms with Gasteiger partial charge >= 0.3 is 10.1 Å². The summed E-state index contributed by atoms with van der Waals surface area (Å²) < 4.78 is 30.3. The van der Waals surface area contributed by atoms with Gasteiger partial charge in [0.1, 0.15) is 4.90 Å². The lowest BCUT2D eigenvalue weighted by Crippen LogP contribution is -2.17. The smallest absolute Gasteiger partial charge is 0.339 e. The molecule has 0 fully saturated rings. The largest absolute Gasteiger partial charge is 0.378 e. The van der Waals surface area contributed by atoms with Crippen LogP contribution in [0.2, 0.25) is 5.02 Å². The van der Waals surface area contributed by atoms with E-state index in [2.05, 4.69) is 10.5 Å². The highest BCUT2D eigenvalue weighted by molar-refractivity contribution is 7.87. The normalized spacial score (nSPS) is 11.4. The van der Waals surface area contributed by atoms with E-state index in [-0.39, 0.29) is 10.6 Å². The van der Waals surface area contributed by atoms with Gasteiger partial charge in [-0.05, 0) is 49.4 Å². The second-order valence-electron chi connectivity index (χ2n) is 6.10. The number of carbonyl (C=O) groups is 1. The average Bonchev–Trinajstić information content (AvgIpc) is 2.69. The summed E-state index contributed by atoms with van der Waals surface area (Å²) in [6, 6.07) is 19.2. The first-order valence-corrected chi connectivity index (χ1v) is 10.3. The Labute approximate surface area is 173 Å². The first-order valence-electron chi connectivity index (χ1n) is 8.54. The quantitative estimate of drug-likeness (QED) is 0.362. The van der Waals surface area contributed by atoms with Gasteiger partial charge in [0.15, 0.2) is 5.75 Å². The standard InChI is InChI=1S/C21H17ClN2O4S/c1-15-9-11-19(12-10-15)29(26,27)28-20-8-3-2-5-17(20)14-23-24-21(25)16-6-4-7-18(22)13-16/h2-14H,1H3,(H,24,25)/b23-14-. The number of benzene rings is 3. The van der Waals surface area contributed by atoms with Crippen molar-refractivity contribution in [3.63, 3.8) is 0 Å². The third kappa shape index (κ3) is 5.43. The Kier molecular flexibility index (Phi) is 6.31. The molecule has 0 radical (unpaired) electrons. The van der Waals surface area contributed by atoms with Crippen LogP contribution in [0, 0.1) is 6.92 Å². The second-order valence-corrected chi connectivity index (χ2v) is 8.08. The molecule has 1 amide bonds. The SMILES string of the molecule is Cc1ccc(S(=O)(=O)Oc2ccccc2/C=N\NC(=O)c2cccc(Cl)c2)cc1. The van der Waals surface area contributed by atoms with Crippen molar-refractivity contribution >= 4 is 33.8 Å². The highest BCUT2D eigenvalue weighted by Gasteiger charge is 2.17. The molecule has 3 aromatic rings. The lowest BCUT2D eigenvalue weighted by atomic mass is 10.2. The number of carbonyl (C=O) groups excluding carboxylic acids is 1. The summed E-state index contributed by atoms with van der Waals surface area (Å²) in [6.45, 7) is 1.86. The van der Waals surface area contributed by atoms with Gasteiger partial charge in [-0.25, -0.2) is 5.43 Å². The lowest BCUT2D eigenvalue weighted by Gasteiger charge is -2.09. The number of hydrogen-bond acceptors (Lipinski definition) is 5. The summed E-state index contributed by atoms with van der Waals surface area (Å²) in [5.74, 6) is -0.358. The Balaban J connectivity index is 1.76. The number of para-hydroxylation sites is 1. The van der Waals surface area contributed by atoms with Gasteiger partial charge in [0.25, 0.3) is 5.91 Å². The van der Waals surface area contributed by atoms with Gasteiger partial charge < -0.3 is 4.18 Å². The molecular weight excluding hydrogens is 412 g/mol. The van der Waals surface area contributed by atoms with Crippen LogP contribution in [0.5, 0.6) is 5.75 Å². The van der Waals surface area contributed by atoms with E-state index in [9.17, 15) is 13.2 Å². The van der Waals surface area contributed by atoms with Crippen LogP contribution in [0.25, 0.3) is 0 Å². The van der Waals surface area contributed by atoms with Crippen molar-refractivity contribution in [1.82, 2.24) is 5.43 Å². The van der Waals surface area contributed by atoms with E-state index in [1.165, 1.54) is 30.5 Å². The molecule has 0 aliphatic rings. The van der Waals surface area contributed by atoms with Crippen molar-refractivity contribution < 1.29 is 17.4 Å². The van der Waals surface area contributed by atoms with E-state index in [4.69, 9.17) is 15.8 Å². The molecule has 1 N–H and O–H groups in total. The van der Waals surface area contributed by atoms with Crippen molar-refractivity contribution in [3.8, 4) is 5.75 Å². The number of nitrogens with zero attached hydrogens (tertiary/aromatic N) is 1. The molecule has 0 atom stereocenters. The highest BCUT2D eigenvalue weighted by Crippen LogP contribution is 2.22. The third-order valence-electron chi connectivity index (χ3n) is 3.88. The first-order chi connectivity index (χ1) is 13.8. The summed E-state index contributed by atoms with van der Waals surface area (Å²) in [4.78, 5) is 12.1. The van der Waals surface area contributed by atoms with Crippen LogP contribution in [0.3, 0.4) is 0 Å². The summed E-state index contributed by atoms with van der Waals surface area (Å²) >= 11 is 5.87. The number of halogens is 1. The average molecular weight is 429 g/mol. The number of amides is 1. The monoisotopic (exact) mass is 428 g/mol. The van der Waals surface area contributed by atoms with Gasteiger partial charge in [-0.15, -0.1) is 0 Å². The number of aryl methyl sites for hydroxylation is 1. The molecule has 0 spiro atoms. The maximum Gasteiger partial charge on any atom is 0.339 e. The van der Waals surface area contributed by atoms with Crippen LogP contribution >= 0.6 is 11.6 Å². The van der Waals surface area contributed by atoms with Crippen LogP contribution in [0.15, 0.2) is 82.8 Å². The highest BCUT2D eigenvalue weighted by atomic mass is 35.5. The molecule has 0 bridgehead atoms. The van der Waals surface area contributed by atoms with Gasteiger partial charge in [-0.3, -0.25) is 4.79 Å². The molecule has 6 nitrogen and oxygen atoms in total. The molecule has 0 unspecified atom stereocenters. The van der Waals surface area contributed by atoms with Crippen molar-refractivity contribution in [2.24, 2.45) is 5.10 Å². The van der Waals surface area contributed by atoms with Crippen molar-refractivity contribution in [2.45, 2.75) is 11.8 Å². The predicted octanol–water partition coefficient (Wildman–Crippen LogP) is 4.18. The Morgan fingerprint density at radius 2 is 1.76 bits per heavy atom. The minimum absolute atomic E-state index is 0.0455. The zero-order valence-electron chi connectivity index (χ0n) is 15.4. The Morgan fingerprint density at radius 1 is 1.03 bits per heavy atom. The molecule has 3 rings (SSSR count). The maximum atomic E-state index is 12.5. The fourth-order valence-electron chi connectivity index (χ4n) is 2.39. The van der Waals surface area contributed by atoms with Crippen molar-refractivity contribution in [2.75, 3.05) is 0 Å². The Hall–Kier alpha value is -3.16. The van der Waals surface area contributed by atoms with Gasteiger partial charge in [-0.1, -0.05) is 47.5 Å². The molecule has 0 saturated heterocycles. The van der Waals surface area contributed by atoms with Crippen LogP contribution in [0.1, 0.15) is 21.5 Å². The van der Waals surface area contributed by atoms with Crippen molar-refractivity contribution in [1.29, 1.82) is 0 Å². The van der Waals surface area contributed by atoms with Crippen molar-refractivity contribution in [3.05, 3.63) is 94.5 Å². The molecular formula is C21H17ClN2O4S. The molecule has 0 aliphatic carbocycles. The van der Waals surface area contributed by atoms with Crippen LogP contribution in [0.4, 0.5) is 0 Å². The minimum Gasteiger partial charge on any atom is -0.378 e. The fourth-order valence-corrected chi connectivity index (χ4v) is 3.53. The Morgan fingerprint density at radius 3 is 2.48 bits per heavy atom. The molecule has 29 heavy (non-hydrogen) atoms. The molecule has 3 aromatic carbocycles. The van der Waals surface area contributed by atoms with Crippen LogP contribution < -0.4 is 9.61 Å². The summed E-state index contributed by atoms with van der Waals surface area (Å²) in [5, 5.41) is 4.31. The predicted molar refractivity (Wildman–Crippen MR) is 112 cm³/mol. The maximum absolute atomic E-state index is 12.5. The van der Waals surface area contributed by atoms with Gasteiger partial charge in [0, 0.05) is 16.1 Å². The van der Waals surface area contributed by atoms with E-state index in [0.717, 1.165) is 5.56 Å². The molecule has 0 aromatic heterocycles.